The summed E-state index contributed by atoms with van der Waals surface area (Å²) in [5.74, 6) is 0. The van der Waals surface area contributed by atoms with Crippen molar-refractivity contribution >= 4 is 9.28 Å². The van der Waals surface area contributed by atoms with Gasteiger partial charge in [0.25, 0.3) is 0 Å². The van der Waals surface area contributed by atoms with Crippen molar-refractivity contribution in [2.45, 2.75) is 13.8 Å². The molecule has 0 fully saturated rings. The third-order valence-electron chi connectivity index (χ3n) is 1.20. The van der Waals surface area contributed by atoms with Gasteiger partial charge in [0.05, 0.1) is 0 Å². The van der Waals surface area contributed by atoms with Crippen molar-refractivity contribution in [1.82, 2.24) is 5.32 Å². The molecule has 0 aromatic rings. The topological polar surface area (TPSA) is 56.5 Å². The largest absolute Gasteiger partial charge is 0.399 e. The molecule has 0 rings (SSSR count). The maximum absolute atomic E-state index is 5.41. The maximum atomic E-state index is 5.41. The van der Waals surface area contributed by atoms with Crippen LogP contribution in [0.4, 0.5) is 0 Å². The first-order chi connectivity index (χ1) is 5.85. The molecular formula is C7H19N2O2Si. The molecule has 0 aromatic carbocycles. The standard InChI is InChI=1S/C7H19N2O2Si/c1-3-10-12(11-4-2)7-9-6-5-8/h9H,3-8H2,1-2H3. The van der Waals surface area contributed by atoms with E-state index in [0.717, 1.165) is 25.9 Å². The molecule has 0 aliphatic rings. The molecule has 0 saturated carbocycles. The summed E-state index contributed by atoms with van der Waals surface area (Å²) < 4.78 is 10.8. The monoisotopic (exact) mass is 191 g/mol. The minimum Gasteiger partial charge on any atom is -0.393 e. The highest BCUT2D eigenvalue weighted by Crippen LogP contribution is 1.87. The molecule has 0 aliphatic carbocycles. The average molecular weight is 191 g/mol. The molecule has 1 radical (unpaired) electrons. The summed E-state index contributed by atoms with van der Waals surface area (Å²) in [7, 11) is -1.09. The number of nitrogens with one attached hydrogen (secondary N) is 1. The molecule has 0 aromatic heterocycles. The molecule has 0 heterocycles. The van der Waals surface area contributed by atoms with Crippen LogP contribution in [-0.2, 0) is 8.85 Å². The van der Waals surface area contributed by atoms with Gasteiger partial charge >= 0.3 is 9.28 Å². The van der Waals surface area contributed by atoms with Crippen LogP contribution in [0, 0.1) is 0 Å². The third kappa shape index (κ3) is 6.75. The quantitative estimate of drug-likeness (QED) is 0.406. The Balaban J connectivity index is 3.34. The SMILES string of the molecule is CCO[Si](CNCCN)OCC. The highest BCUT2D eigenvalue weighted by Gasteiger charge is 2.12. The van der Waals surface area contributed by atoms with Crippen LogP contribution >= 0.6 is 0 Å². The summed E-state index contributed by atoms with van der Waals surface area (Å²) in [5.41, 5.74) is 5.33. The molecule has 0 aliphatic heterocycles. The summed E-state index contributed by atoms with van der Waals surface area (Å²) in [6.07, 6.45) is 0.809. The van der Waals surface area contributed by atoms with Gasteiger partial charge in [-0.05, 0) is 13.8 Å². The van der Waals surface area contributed by atoms with Gasteiger partial charge < -0.3 is 19.9 Å². The molecular weight excluding hydrogens is 172 g/mol. The van der Waals surface area contributed by atoms with Gasteiger partial charge in [-0.1, -0.05) is 0 Å². The lowest BCUT2D eigenvalue weighted by Gasteiger charge is -2.13. The summed E-state index contributed by atoms with van der Waals surface area (Å²) >= 11 is 0. The van der Waals surface area contributed by atoms with Crippen LogP contribution in [0.1, 0.15) is 13.8 Å². The van der Waals surface area contributed by atoms with E-state index in [1.54, 1.807) is 0 Å². The van der Waals surface area contributed by atoms with Crippen molar-refractivity contribution in [3.63, 3.8) is 0 Å². The van der Waals surface area contributed by atoms with Gasteiger partial charge in [0.2, 0.25) is 0 Å². The Morgan fingerprint density at radius 2 is 1.83 bits per heavy atom. The average Bonchev–Trinajstić information content (AvgIpc) is 2.06. The Kier molecular flexibility index (Phi) is 9.19. The van der Waals surface area contributed by atoms with Crippen molar-refractivity contribution in [3.8, 4) is 0 Å². The van der Waals surface area contributed by atoms with E-state index >= 15 is 0 Å². The number of hydrogen-bond donors (Lipinski definition) is 2. The molecule has 0 unspecified atom stereocenters. The first kappa shape index (κ1) is 12.1. The van der Waals surface area contributed by atoms with Crippen molar-refractivity contribution < 1.29 is 8.85 Å². The van der Waals surface area contributed by atoms with Crippen LogP contribution in [0.25, 0.3) is 0 Å². The van der Waals surface area contributed by atoms with Crippen LogP contribution in [0.15, 0.2) is 0 Å². The van der Waals surface area contributed by atoms with E-state index in [0.29, 0.717) is 6.54 Å². The van der Waals surface area contributed by atoms with Gasteiger partial charge in [0.15, 0.2) is 0 Å². The number of nitrogens with two attached hydrogens (primary N) is 1. The van der Waals surface area contributed by atoms with E-state index in [1.807, 2.05) is 13.8 Å². The van der Waals surface area contributed by atoms with E-state index in [2.05, 4.69) is 5.32 Å². The van der Waals surface area contributed by atoms with Gasteiger partial charge in [-0.25, -0.2) is 0 Å². The van der Waals surface area contributed by atoms with E-state index in [4.69, 9.17) is 14.6 Å². The van der Waals surface area contributed by atoms with E-state index < -0.39 is 9.28 Å². The fraction of sp³-hybridized carbons (Fsp3) is 1.00. The minimum absolute atomic E-state index is 0.660. The second kappa shape index (κ2) is 9.15. The zero-order valence-corrected chi connectivity index (χ0v) is 8.93. The Hall–Kier alpha value is 0.0569. The summed E-state index contributed by atoms with van der Waals surface area (Å²) in [6, 6.07) is 0. The normalized spacial score (nSPS) is 11.0. The molecule has 4 nitrogen and oxygen atoms in total. The molecule has 0 saturated heterocycles. The Labute approximate surface area is 76.3 Å². The van der Waals surface area contributed by atoms with E-state index in [-0.39, 0.29) is 0 Å². The van der Waals surface area contributed by atoms with Crippen molar-refractivity contribution in [2.75, 3.05) is 32.5 Å². The van der Waals surface area contributed by atoms with Gasteiger partial charge in [0, 0.05) is 32.5 Å². The molecule has 12 heavy (non-hydrogen) atoms. The number of rotatable bonds is 8. The van der Waals surface area contributed by atoms with Gasteiger partial charge in [-0.3, -0.25) is 0 Å². The Morgan fingerprint density at radius 1 is 1.25 bits per heavy atom. The Morgan fingerprint density at radius 3 is 2.25 bits per heavy atom. The lowest BCUT2D eigenvalue weighted by Crippen LogP contribution is -2.38. The maximum Gasteiger partial charge on any atom is 0.399 e. The zero-order valence-electron chi connectivity index (χ0n) is 7.93. The van der Waals surface area contributed by atoms with E-state index in [1.165, 1.54) is 0 Å². The Bertz CT molecular complexity index is 89.5. The molecule has 0 amide bonds. The summed E-state index contributed by atoms with van der Waals surface area (Å²) in [5, 5.41) is 3.18. The van der Waals surface area contributed by atoms with Crippen molar-refractivity contribution in [3.05, 3.63) is 0 Å². The van der Waals surface area contributed by atoms with Gasteiger partial charge in [0.1, 0.15) is 0 Å². The first-order valence-electron chi connectivity index (χ1n) is 4.37. The molecule has 5 heteroatoms. The smallest absolute Gasteiger partial charge is 0.393 e. The molecule has 73 valence electrons. The number of hydrogen-bond acceptors (Lipinski definition) is 4. The zero-order chi connectivity index (χ0) is 9.23. The van der Waals surface area contributed by atoms with Crippen LogP contribution in [-0.4, -0.2) is 41.8 Å². The van der Waals surface area contributed by atoms with Crippen molar-refractivity contribution in [1.29, 1.82) is 0 Å². The highest BCUT2D eigenvalue weighted by atomic mass is 28.3. The predicted molar refractivity (Wildman–Crippen MR) is 50.9 cm³/mol. The van der Waals surface area contributed by atoms with E-state index in [9.17, 15) is 0 Å². The molecule has 0 atom stereocenters. The lowest BCUT2D eigenvalue weighted by atomic mass is 10.7. The van der Waals surface area contributed by atoms with Gasteiger partial charge in [-0.2, -0.15) is 0 Å². The minimum atomic E-state index is -1.09. The summed E-state index contributed by atoms with van der Waals surface area (Å²) in [4.78, 5) is 0. The fourth-order valence-electron chi connectivity index (χ4n) is 0.758. The second-order valence-electron chi connectivity index (χ2n) is 2.20. The predicted octanol–water partition coefficient (Wildman–Crippen LogP) is -0.365. The second-order valence-corrected chi connectivity index (χ2v) is 3.88. The van der Waals surface area contributed by atoms with Crippen LogP contribution in [0.5, 0.6) is 0 Å². The fourth-order valence-corrected chi connectivity index (χ4v) is 2.07. The third-order valence-corrected chi connectivity index (χ3v) is 2.96. The van der Waals surface area contributed by atoms with Crippen LogP contribution < -0.4 is 11.1 Å². The molecule has 3 N–H and O–H groups in total. The first-order valence-corrected chi connectivity index (χ1v) is 5.89. The van der Waals surface area contributed by atoms with Crippen LogP contribution in [0.2, 0.25) is 0 Å². The van der Waals surface area contributed by atoms with Crippen molar-refractivity contribution in [2.24, 2.45) is 5.73 Å². The lowest BCUT2D eigenvalue weighted by molar-refractivity contribution is 0.212. The van der Waals surface area contributed by atoms with Crippen LogP contribution in [0.3, 0.4) is 0 Å². The summed E-state index contributed by atoms with van der Waals surface area (Å²) in [6.45, 7) is 6.89. The molecule has 0 bridgehead atoms. The van der Waals surface area contributed by atoms with Gasteiger partial charge in [-0.15, -0.1) is 0 Å². The molecule has 0 spiro atoms. The highest BCUT2D eigenvalue weighted by molar-refractivity contribution is 6.44.